The highest BCUT2D eigenvalue weighted by atomic mass is 35.5. The van der Waals surface area contributed by atoms with Gasteiger partial charge in [0, 0.05) is 29.7 Å². The minimum atomic E-state index is -0.383. The predicted molar refractivity (Wildman–Crippen MR) is 106 cm³/mol. The van der Waals surface area contributed by atoms with Gasteiger partial charge in [0.2, 0.25) is 0 Å². The minimum absolute atomic E-state index is 0.248. The van der Waals surface area contributed by atoms with Gasteiger partial charge in [-0.15, -0.1) is 11.3 Å². The Morgan fingerprint density at radius 3 is 2.81 bits per heavy atom. The van der Waals surface area contributed by atoms with Crippen LogP contribution in [0.2, 0.25) is 5.02 Å². The molecule has 0 aromatic carbocycles. The van der Waals surface area contributed by atoms with Crippen LogP contribution in [-0.2, 0) is 0 Å². The third kappa shape index (κ3) is 3.45. The first-order valence-electron chi connectivity index (χ1n) is 8.26. The molecule has 0 saturated carbocycles. The molecule has 3 aromatic heterocycles. The number of anilines is 2. The van der Waals surface area contributed by atoms with Crippen LogP contribution < -0.4 is 10.6 Å². The molecule has 4 heterocycles. The molecule has 1 saturated heterocycles. The molecule has 27 heavy (non-hydrogen) atoms. The molecule has 0 bridgehead atoms. The molecular weight excluding hydrogens is 384 g/mol. The maximum Gasteiger partial charge on any atom is 0.141 e. The number of aliphatic hydroxyl groups excluding tert-OH is 1. The lowest BCUT2D eigenvalue weighted by Crippen LogP contribution is -2.22. The summed E-state index contributed by atoms with van der Waals surface area (Å²) >= 11 is 7.74. The zero-order valence-electron chi connectivity index (χ0n) is 14.1. The number of hydrogen-bond donors (Lipinski definition) is 2. The summed E-state index contributed by atoms with van der Waals surface area (Å²) in [7, 11) is 0. The smallest absolute Gasteiger partial charge is 0.141 e. The molecule has 0 aliphatic carbocycles. The number of rotatable bonds is 3. The predicted octanol–water partition coefficient (Wildman–Crippen LogP) is 2.95. The van der Waals surface area contributed by atoms with Crippen molar-refractivity contribution in [3.8, 4) is 28.2 Å². The molecule has 9 heteroatoms. The van der Waals surface area contributed by atoms with Gasteiger partial charge in [-0.05, 0) is 24.6 Å². The largest absolute Gasteiger partial charge is 0.398 e. The highest BCUT2D eigenvalue weighted by molar-refractivity contribution is 7.13. The second-order valence-electron chi connectivity index (χ2n) is 6.19. The van der Waals surface area contributed by atoms with Crippen molar-refractivity contribution in [1.82, 2.24) is 15.0 Å². The van der Waals surface area contributed by atoms with E-state index in [1.807, 2.05) is 10.3 Å². The lowest BCUT2D eigenvalue weighted by Gasteiger charge is -2.18. The third-order valence-electron chi connectivity index (χ3n) is 4.32. The normalized spacial score (nSPS) is 16.5. The fourth-order valence-electron chi connectivity index (χ4n) is 3.04. The molecule has 1 fully saturated rings. The first kappa shape index (κ1) is 17.7. The summed E-state index contributed by atoms with van der Waals surface area (Å²) in [5.74, 6) is 0.637. The Morgan fingerprint density at radius 2 is 2.15 bits per heavy atom. The number of nitrogen functional groups attached to an aromatic ring is 1. The number of aliphatic hydroxyl groups is 1. The van der Waals surface area contributed by atoms with Crippen LogP contribution in [-0.4, -0.2) is 39.3 Å². The summed E-state index contributed by atoms with van der Waals surface area (Å²) < 4.78 is 0. The van der Waals surface area contributed by atoms with E-state index in [9.17, 15) is 10.4 Å². The summed E-state index contributed by atoms with van der Waals surface area (Å²) in [5, 5.41) is 22.4. The second-order valence-corrected chi connectivity index (χ2v) is 7.52. The molecule has 0 radical (unpaired) electrons. The maximum absolute atomic E-state index is 9.80. The number of β-amino-alcohol motifs (C(OH)–C–C–N with tert-alkyl or cyclic N) is 1. The summed E-state index contributed by atoms with van der Waals surface area (Å²) in [6.07, 6.45) is 1.98. The van der Waals surface area contributed by atoms with E-state index < -0.39 is 0 Å². The van der Waals surface area contributed by atoms with Crippen LogP contribution in [0.25, 0.3) is 22.1 Å². The number of thiazole rings is 1. The average Bonchev–Trinajstić information content (AvgIpc) is 3.32. The van der Waals surface area contributed by atoms with Gasteiger partial charge in [0.25, 0.3) is 0 Å². The van der Waals surface area contributed by atoms with Crippen molar-refractivity contribution in [2.45, 2.75) is 12.5 Å². The molecule has 7 nitrogen and oxygen atoms in total. The van der Waals surface area contributed by atoms with Crippen LogP contribution in [0, 0.1) is 11.3 Å². The van der Waals surface area contributed by atoms with E-state index in [0.717, 1.165) is 0 Å². The summed E-state index contributed by atoms with van der Waals surface area (Å²) in [5.41, 5.74) is 8.07. The van der Waals surface area contributed by atoms with E-state index in [4.69, 9.17) is 17.3 Å². The first-order chi connectivity index (χ1) is 13.0. The van der Waals surface area contributed by atoms with Crippen molar-refractivity contribution in [2.75, 3.05) is 23.7 Å². The minimum Gasteiger partial charge on any atom is -0.398 e. The number of pyridine rings is 2. The summed E-state index contributed by atoms with van der Waals surface area (Å²) in [6, 6.07) is 7.15. The molecule has 136 valence electrons. The van der Waals surface area contributed by atoms with Gasteiger partial charge in [0.1, 0.15) is 33.8 Å². The van der Waals surface area contributed by atoms with E-state index in [0.29, 0.717) is 58.1 Å². The Kier molecular flexibility index (Phi) is 4.66. The average molecular weight is 399 g/mol. The van der Waals surface area contributed by atoms with Crippen molar-refractivity contribution in [1.29, 1.82) is 5.26 Å². The fourth-order valence-corrected chi connectivity index (χ4v) is 3.84. The van der Waals surface area contributed by atoms with Gasteiger partial charge in [-0.1, -0.05) is 11.6 Å². The standard InChI is InChI=1S/C18H15ClN6OS/c19-10-5-14(23-16(6-10)25-3-1-11(26)9-25)17-12(8-20)13(21)7-15(24-17)18-22-2-4-27-18/h2,4-7,11,26H,1,3,9H2,(H2,21,24)/t11-/m0/s1. The molecule has 3 aromatic rings. The summed E-state index contributed by atoms with van der Waals surface area (Å²) in [4.78, 5) is 15.5. The molecular formula is C18H15ClN6OS. The lowest BCUT2D eigenvalue weighted by molar-refractivity contribution is 0.198. The van der Waals surface area contributed by atoms with Crippen molar-refractivity contribution >= 4 is 34.4 Å². The van der Waals surface area contributed by atoms with E-state index in [2.05, 4.69) is 21.0 Å². The van der Waals surface area contributed by atoms with Crippen molar-refractivity contribution < 1.29 is 5.11 Å². The molecule has 3 N–H and O–H groups in total. The third-order valence-corrected chi connectivity index (χ3v) is 5.33. The zero-order chi connectivity index (χ0) is 19.0. The van der Waals surface area contributed by atoms with Gasteiger partial charge in [0.15, 0.2) is 0 Å². The SMILES string of the molecule is N#Cc1c(N)cc(-c2nccs2)nc1-c1cc(Cl)cc(N2CC[C@H](O)C2)n1. The van der Waals surface area contributed by atoms with Crippen LogP contribution in [0.3, 0.4) is 0 Å². The van der Waals surface area contributed by atoms with Crippen LogP contribution >= 0.6 is 22.9 Å². The quantitative estimate of drug-likeness (QED) is 0.697. The number of halogens is 1. The van der Waals surface area contributed by atoms with E-state index in [1.54, 1.807) is 24.4 Å². The number of hydrogen-bond acceptors (Lipinski definition) is 8. The topological polar surface area (TPSA) is 112 Å². The number of aromatic nitrogens is 3. The molecule has 0 spiro atoms. The molecule has 1 aliphatic rings. The molecule has 0 amide bonds. The van der Waals surface area contributed by atoms with Crippen molar-refractivity contribution in [3.05, 3.63) is 40.4 Å². The molecule has 0 unspecified atom stereocenters. The Labute approximate surface area is 164 Å². The van der Waals surface area contributed by atoms with Gasteiger partial charge < -0.3 is 15.7 Å². The Morgan fingerprint density at radius 1 is 1.30 bits per heavy atom. The lowest BCUT2D eigenvalue weighted by atomic mass is 10.1. The maximum atomic E-state index is 9.80. The van der Waals surface area contributed by atoms with Gasteiger partial charge in [-0.25, -0.2) is 15.0 Å². The van der Waals surface area contributed by atoms with Crippen molar-refractivity contribution in [3.63, 3.8) is 0 Å². The zero-order valence-corrected chi connectivity index (χ0v) is 15.7. The molecule has 4 rings (SSSR count). The van der Waals surface area contributed by atoms with E-state index in [-0.39, 0.29) is 11.7 Å². The van der Waals surface area contributed by atoms with Gasteiger partial charge in [-0.3, -0.25) is 0 Å². The van der Waals surface area contributed by atoms with Gasteiger partial charge in [0.05, 0.1) is 17.5 Å². The highest BCUT2D eigenvalue weighted by Crippen LogP contribution is 2.33. The Balaban J connectivity index is 1.85. The van der Waals surface area contributed by atoms with E-state index >= 15 is 0 Å². The van der Waals surface area contributed by atoms with Crippen LogP contribution in [0.5, 0.6) is 0 Å². The monoisotopic (exact) mass is 398 g/mol. The molecule has 1 aliphatic heterocycles. The number of nitrogens with two attached hydrogens (primary N) is 1. The van der Waals surface area contributed by atoms with Gasteiger partial charge >= 0.3 is 0 Å². The first-order valence-corrected chi connectivity index (χ1v) is 9.52. The molecule has 1 atom stereocenters. The second kappa shape index (κ2) is 7.12. The van der Waals surface area contributed by atoms with E-state index in [1.165, 1.54) is 11.3 Å². The fraction of sp³-hybridized carbons (Fsp3) is 0.222. The highest BCUT2D eigenvalue weighted by Gasteiger charge is 2.23. The van der Waals surface area contributed by atoms with Crippen LogP contribution in [0.15, 0.2) is 29.8 Å². The summed E-state index contributed by atoms with van der Waals surface area (Å²) in [6.45, 7) is 1.18. The number of nitrogens with zero attached hydrogens (tertiary/aromatic N) is 5. The number of nitriles is 1. The van der Waals surface area contributed by atoms with Crippen LogP contribution in [0.4, 0.5) is 11.5 Å². The Hall–Kier alpha value is -2.73. The van der Waals surface area contributed by atoms with Crippen LogP contribution in [0.1, 0.15) is 12.0 Å². The van der Waals surface area contributed by atoms with Crippen molar-refractivity contribution in [2.24, 2.45) is 0 Å². The van der Waals surface area contributed by atoms with Gasteiger partial charge in [-0.2, -0.15) is 5.26 Å². The Bertz CT molecular complexity index is 1030.